The number of ether oxygens (including phenoxy) is 2. The maximum Gasteiger partial charge on any atom is 0.360 e. The first-order valence-electron chi connectivity index (χ1n) is 9.22. The quantitative estimate of drug-likeness (QED) is 0.221. The zero-order valence-electron chi connectivity index (χ0n) is 18.3. The molecule has 0 amide bonds. The van der Waals surface area contributed by atoms with Crippen molar-refractivity contribution in [2.75, 3.05) is 13.2 Å². The van der Waals surface area contributed by atoms with E-state index in [0.717, 1.165) is 12.2 Å². The first kappa shape index (κ1) is 27.2. The fourth-order valence-corrected chi connectivity index (χ4v) is 16.7. The van der Waals surface area contributed by atoms with Gasteiger partial charge in [0, 0.05) is 12.2 Å². The van der Waals surface area contributed by atoms with Crippen LogP contribution in [0.25, 0.3) is 0 Å². The molecule has 0 saturated carbocycles. The Balaban J connectivity index is 4.51. The number of hydrogen-bond donors (Lipinski definition) is 0. The Hall–Kier alpha value is -0.832. The van der Waals surface area contributed by atoms with Crippen molar-refractivity contribution in [3.8, 4) is 0 Å². The molecule has 1 radical (unpaired) electrons. The fraction of sp³-hybridized carbons (Fsp3) is 0.647. The van der Waals surface area contributed by atoms with E-state index in [1.54, 1.807) is 0 Å². The maximum atomic E-state index is 11.2. The number of rotatable bonds is 14. The number of carbonyl (C=O) groups excluding carboxylic acids is 2. The van der Waals surface area contributed by atoms with Crippen molar-refractivity contribution in [2.45, 2.75) is 57.9 Å². The van der Waals surface area contributed by atoms with Gasteiger partial charge in [0.1, 0.15) is 0 Å². The summed E-state index contributed by atoms with van der Waals surface area (Å²) in [5.74, 6) is -0.841. The largest absolute Gasteiger partial charge is 0.463 e. The lowest BCUT2D eigenvalue weighted by Gasteiger charge is -2.36. The summed E-state index contributed by atoms with van der Waals surface area (Å²) in [6.07, 6.45) is 2.31. The van der Waals surface area contributed by atoms with Crippen molar-refractivity contribution in [1.29, 1.82) is 0 Å². The van der Waals surface area contributed by atoms with Crippen LogP contribution in [0.4, 0.5) is 0 Å². The average Bonchev–Trinajstić information content (AvgIpc) is 2.51. The highest BCUT2D eigenvalue weighted by Crippen LogP contribution is 2.22. The molecule has 0 aliphatic carbocycles. The van der Waals surface area contributed by atoms with E-state index >= 15 is 0 Å². The third-order valence-electron chi connectivity index (χ3n) is 3.56. The van der Waals surface area contributed by atoms with Gasteiger partial charge in [-0.25, -0.2) is 9.59 Å². The third kappa shape index (κ3) is 13.4. The molecule has 0 N–H and O–H groups in total. The Kier molecular flexibility index (Phi) is 11.6. The van der Waals surface area contributed by atoms with E-state index in [2.05, 4.69) is 39.3 Å². The molecule has 0 bridgehead atoms. The minimum Gasteiger partial charge on any atom is -0.463 e. The summed E-state index contributed by atoms with van der Waals surface area (Å²) >= 11 is 0. The second-order valence-electron chi connectivity index (χ2n) is 7.96. The van der Waals surface area contributed by atoms with E-state index in [-0.39, 0.29) is 0 Å². The van der Waals surface area contributed by atoms with Gasteiger partial charge in [0.2, 0.25) is 0 Å². The molecule has 0 aromatic carbocycles. The first-order chi connectivity index (χ1) is 12.7. The molecule has 0 saturated heterocycles. The summed E-state index contributed by atoms with van der Waals surface area (Å²) in [5.41, 5.74) is 0. The van der Waals surface area contributed by atoms with E-state index < -0.39 is 46.4 Å². The lowest BCUT2D eigenvalue weighted by atomic mass is 10.6. The summed E-state index contributed by atoms with van der Waals surface area (Å²) in [6.45, 7) is 21.7. The molecule has 161 valence electrons. The highest BCUT2D eigenvalue weighted by Gasteiger charge is 2.38. The lowest BCUT2D eigenvalue weighted by Crippen LogP contribution is -2.51. The molecule has 0 spiro atoms. The van der Waals surface area contributed by atoms with Gasteiger partial charge in [-0.05, 0) is 57.9 Å². The van der Waals surface area contributed by atoms with Gasteiger partial charge in [-0.1, -0.05) is 13.2 Å². The van der Waals surface area contributed by atoms with Gasteiger partial charge >= 0.3 is 29.8 Å². The van der Waals surface area contributed by atoms with Crippen LogP contribution in [-0.4, -0.2) is 59.6 Å². The Morgan fingerprint density at radius 2 is 1.25 bits per heavy atom. The summed E-state index contributed by atoms with van der Waals surface area (Å²) < 4.78 is 28.9. The van der Waals surface area contributed by atoms with Gasteiger partial charge in [0.15, 0.2) is 16.6 Å². The standard InChI is InChI=1S/C17H35O7Si4/c1-10-16(18)20-12-14-26(4,5)22-25(3)23-28(8,9)24-27(6,7)15-13-21-17(19)11-2/h10-11H,1-2,12-15H2,3-9H3. The molecule has 7 nitrogen and oxygen atoms in total. The highest BCUT2D eigenvalue weighted by molar-refractivity contribution is 6.85. The van der Waals surface area contributed by atoms with Crippen LogP contribution in [0.5, 0.6) is 0 Å². The molecule has 0 unspecified atom stereocenters. The van der Waals surface area contributed by atoms with Crippen LogP contribution in [-0.2, 0) is 31.4 Å². The smallest absolute Gasteiger partial charge is 0.360 e. The van der Waals surface area contributed by atoms with Gasteiger partial charge in [-0.15, -0.1) is 0 Å². The monoisotopic (exact) mass is 463 g/mol. The second-order valence-corrected chi connectivity index (χ2v) is 22.2. The molecule has 0 aliphatic rings. The van der Waals surface area contributed by atoms with Crippen molar-refractivity contribution < 1.29 is 31.4 Å². The Morgan fingerprint density at radius 1 is 0.821 bits per heavy atom. The van der Waals surface area contributed by atoms with Crippen molar-refractivity contribution in [3.05, 3.63) is 25.3 Å². The Labute approximate surface area is 174 Å². The molecular formula is C17H35O7Si4. The van der Waals surface area contributed by atoms with Gasteiger partial charge in [-0.3, -0.25) is 0 Å². The zero-order valence-corrected chi connectivity index (χ0v) is 22.3. The van der Waals surface area contributed by atoms with Crippen LogP contribution < -0.4 is 0 Å². The van der Waals surface area contributed by atoms with Crippen molar-refractivity contribution >= 4 is 46.4 Å². The normalized spacial score (nSPS) is 12.6. The first-order valence-corrected chi connectivity index (χ1v) is 20.1. The Morgan fingerprint density at radius 3 is 1.68 bits per heavy atom. The molecule has 11 heteroatoms. The van der Waals surface area contributed by atoms with Crippen LogP contribution in [0.1, 0.15) is 0 Å². The summed E-state index contributed by atoms with van der Waals surface area (Å²) in [4.78, 5) is 22.3. The predicted octanol–water partition coefficient (Wildman–Crippen LogP) is 3.72. The van der Waals surface area contributed by atoms with E-state index in [4.69, 9.17) is 21.8 Å². The van der Waals surface area contributed by atoms with E-state index in [0.29, 0.717) is 25.3 Å². The van der Waals surface area contributed by atoms with Crippen molar-refractivity contribution in [3.63, 3.8) is 0 Å². The van der Waals surface area contributed by atoms with E-state index in [9.17, 15) is 9.59 Å². The van der Waals surface area contributed by atoms with Crippen LogP contribution in [0.3, 0.4) is 0 Å². The number of esters is 2. The molecular weight excluding hydrogens is 429 g/mol. The van der Waals surface area contributed by atoms with Crippen LogP contribution in [0.15, 0.2) is 25.3 Å². The molecule has 0 aromatic heterocycles. The lowest BCUT2D eigenvalue weighted by molar-refractivity contribution is -0.138. The molecule has 0 heterocycles. The van der Waals surface area contributed by atoms with Crippen LogP contribution >= 0.6 is 0 Å². The number of hydrogen-bond acceptors (Lipinski definition) is 7. The molecule has 0 aliphatic heterocycles. The summed E-state index contributed by atoms with van der Waals surface area (Å²) in [7, 11) is -7.98. The molecule has 0 aromatic rings. The van der Waals surface area contributed by atoms with E-state index in [1.165, 1.54) is 0 Å². The van der Waals surface area contributed by atoms with Gasteiger partial charge in [-0.2, -0.15) is 0 Å². The number of carbonyl (C=O) groups is 2. The average molecular weight is 464 g/mol. The summed E-state index contributed by atoms with van der Waals surface area (Å²) in [5, 5.41) is 0. The SMILES string of the molecule is C=CC(=O)OCC[Si](C)(C)O[Si](C)O[Si](C)(C)O[Si](C)(C)CCOC(=O)C=C. The van der Waals surface area contributed by atoms with Gasteiger partial charge in [0.05, 0.1) is 13.2 Å². The maximum absolute atomic E-state index is 11.2. The summed E-state index contributed by atoms with van der Waals surface area (Å²) in [6, 6.07) is 1.38. The van der Waals surface area contributed by atoms with Crippen molar-refractivity contribution in [2.24, 2.45) is 0 Å². The van der Waals surface area contributed by atoms with Gasteiger partial charge < -0.3 is 21.8 Å². The van der Waals surface area contributed by atoms with Crippen LogP contribution in [0.2, 0.25) is 57.9 Å². The molecule has 0 rings (SSSR count). The minimum atomic E-state index is -2.40. The third-order valence-corrected chi connectivity index (χ3v) is 17.0. The molecule has 0 fully saturated rings. The molecule has 28 heavy (non-hydrogen) atoms. The predicted molar refractivity (Wildman–Crippen MR) is 119 cm³/mol. The Bertz CT molecular complexity index is 550. The molecule has 0 atom stereocenters. The second kappa shape index (κ2) is 12.0. The van der Waals surface area contributed by atoms with Gasteiger partial charge in [0.25, 0.3) is 0 Å². The van der Waals surface area contributed by atoms with Crippen LogP contribution in [0, 0.1) is 0 Å². The van der Waals surface area contributed by atoms with Crippen molar-refractivity contribution in [1.82, 2.24) is 0 Å². The van der Waals surface area contributed by atoms with E-state index in [1.807, 2.05) is 19.6 Å². The topological polar surface area (TPSA) is 80.3 Å². The zero-order chi connectivity index (χ0) is 22.0. The minimum absolute atomic E-state index is 0.318. The highest BCUT2D eigenvalue weighted by atomic mass is 28.5. The fourth-order valence-electron chi connectivity index (χ4n) is 2.46.